The normalized spacial score (nSPS) is 8.29. The number of hydrogen-bond acceptors (Lipinski definition) is 0. The minimum atomic E-state index is 0. The topological polar surface area (TPSA) is 0 Å². The van der Waals surface area contributed by atoms with Crippen LogP contribution in [0.15, 0.2) is 24.3 Å². The van der Waals surface area contributed by atoms with Crippen molar-refractivity contribution in [3.63, 3.8) is 0 Å². The molecule has 0 amide bonds. The molecule has 0 nitrogen and oxygen atoms in total. The second-order valence-electron chi connectivity index (χ2n) is 5.05. The molecule has 0 heterocycles. The molecule has 3 heteroatoms. The van der Waals surface area contributed by atoms with E-state index in [-0.39, 0.29) is 48.7 Å². The molecule has 0 aromatic heterocycles. The van der Waals surface area contributed by atoms with Crippen LogP contribution in [0.1, 0.15) is 33.4 Å². The van der Waals surface area contributed by atoms with E-state index in [2.05, 4.69) is 77.9 Å². The molecule has 0 aliphatic carbocycles. The molecule has 0 fully saturated rings. The average molecular weight is 428 g/mol. The summed E-state index contributed by atoms with van der Waals surface area (Å²) in [5.41, 5.74) is 7.56. The van der Waals surface area contributed by atoms with E-state index >= 15 is 0 Å². The van der Waals surface area contributed by atoms with Crippen molar-refractivity contribution in [2.75, 3.05) is 0 Å². The summed E-state index contributed by atoms with van der Waals surface area (Å²) < 4.78 is 0. The molecular formula is C18H22Cl2Sn. The molecule has 2 aromatic rings. The van der Waals surface area contributed by atoms with Crippen LogP contribution < -0.4 is 24.8 Å². The van der Waals surface area contributed by atoms with Crippen molar-refractivity contribution in [3.05, 3.63) is 69.8 Å². The Bertz CT molecular complexity index is 386. The Hall–Kier alpha value is -0.181. The van der Waals surface area contributed by atoms with Gasteiger partial charge in [-0.15, -0.1) is 0 Å². The second kappa shape index (κ2) is 12.4. The Morgan fingerprint density at radius 2 is 0.714 bits per heavy atom. The first-order chi connectivity index (χ1) is 8.36. The molecule has 0 N–H and O–H groups in total. The zero-order chi connectivity index (χ0) is 13.7. The fraction of sp³-hybridized carbons (Fsp3) is 0.333. The van der Waals surface area contributed by atoms with Crippen LogP contribution >= 0.6 is 0 Å². The Labute approximate surface area is 159 Å². The van der Waals surface area contributed by atoms with Gasteiger partial charge in [-0.1, -0.05) is 35.4 Å². The summed E-state index contributed by atoms with van der Waals surface area (Å²) in [6, 6.07) is 14.9. The van der Waals surface area contributed by atoms with E-state index in [0.717, 1.165) is 0 Å². The van der Waals surface area contributed by atoms with Crippen molar-refractivity contribution in [1.82, 2.24) is 0 Å². The van der Waals surface area contributed by atoms with Gasteiger partial charge in [-0.25, -0.2) is 0 Å². The third-order valence-corrected chi connectivity index (χ3v) is 2.57. The maximum absolute atomic E-state index is 3.21. The van der Waals surface area contributed by atoms with Crippen LogP contribution in [-0.4, -0.2) is 23.9 Å². The molecule has 0 unspecified atom stereocenters. The maximum Gasteiger partial charge on any atom is 2.00 e. The van der Waals surface area contributed by atoms with Crippen LogP contribution in [0, 0.1) is 53.7 Å². The minimum absolute atomic E-state index is 0. The summed E-state index contributed by atoms with van der Waals surface area (Å²) in [6.45, 7) is 12.5. The van der Waals surface area contributed by atoms with Crippen molar-refractivity contribution >= 4 is 23.9 Å². The van der Waals surface area contributed by atoms with Crippen LogP contribution in [0.5, 0.6) is 0 Å². The third kappa shape index (κ3) is 11.1. The molecule has 0 aliphatic heterocycles. The fourth-order valence-corrected chi connectivity index (χ4v) is 2.22. The monoisotopic (exact) mass is 428 g/mol. The largest absolute Gasteiger partial charge is 2.00 e. The predicted octanol–water partition coefficient (Wildman–Crippen LogP) is -1.55. The molecule has 0 bridgehead atoms. The Morgan fingerprint density at radius 1 is 0.524 bits per heavy atom. The van der Waals surface area contributed by atoms with Crippen LogP contribution in [-0.2, 0) is 0 Å². The van der Waals surface area contributed by atoms with Gasteiger partial charge in [0, 0.05) is 0 Å². The van der Waals surface area contributed by atoms with Crippen molar-refractivity contribution in [3.8, 4) is 0 Å². The molecule has 112 valence electrons. The van der Waals surface area contributed by atoms with Gasteiger partial charge in [0.25, 0.3) is 0 Å². The van der Waals surface area contributed by atoms with Gasteiger partial charge < -0.3 is 24.8 Å². The SMILES string of the molecule is Cc1[c]c(C)cc(C)c1.Cc1[c]c(C)cc(C)c1.[Cl-].[Cl-].[Sn+2]. The van der Waals surface area contributed by atoms with Crippen LogP contribution in [0.25, 0.3) is 0 Å². The van der Waals surface area contributed by atoms with E-state index in [1.807, 2.05) is 0 Å². The average Bonchev–Trinajstić information content (AvgIpc) is 2.12. The van der Waals surface area contributed by atoms with Gasteiger partial charge >= 0.3 is 23.9 Å². The molecule has 0 spiro atoms. The Balaban J connectivity index is -0.000000270. The quantitative estimate of drug-likeness (QED) is 0.447. The standard InChI is InChI=1S/2C9H11.2ClH.Sn/c2*1-7-4-8(2)6-9(3)5-7;;;/h2*4-5H,1-3H3;2*1H;/q;;;;+2/p-2. The third-order valence-electron chi connectivity index (χ3n) is 2.57. The van der Waals surface area contributed by atoms with Crippen LogP contribution in [0.2, 0.25) is 0 Å². The van der Waals surface area contributed by atoms with E-state index in [0.29, 0.717) is 0 Å². The summed E-state index contributed by atoms with van der Waals surface area (Å²) in [5.74, 6) is 0. The van der Waals surface area contributed by atoms with Gasteiger partial charge in [-0.2, -0.15) is 0 Å². The van der Waals surface area contributed by atoms with E-state index < -0.39 is 0 Å². The van der Waals surface area contributed by atoms with Crippen LogP contribution in [0.4, 0.5) is 0 Å². The van der Waals surface area contributed by atoms with E-state index in [4.69, 9.17) is 0 Å². The first-order valence-corrected chi connectivity index (χ1v) is 6.31. The van der Waals surface area contributed by atoms with Gasteiger partial charge in [0.05, 0.1) is 0 Å². The van der Waals surface area contributed by atoms with Crippen LogP contribution in [0.3, 0.4) is 0 Å². The zero-order valence-electron chi connectivity index (χ0n) is 13.6. The number of rotatable bonds is 0. The van der Waals surface area contributed by atoms with E-state index in [1.165, 1.54) is 33.4 Å². The van der Waals surface area contributed by atoms with Crippen molar-refractivity contribution < 1.29 is 24.8 Å². The Kier molecular flexibility index (Phi) is 15.2. The van der Waals surface area contributed by atoms with Gasteiger partial charge in [-0.05, 0) is 75.9 Å². The van der Waals surface area contributed by atoms with E-state index in [1.54, 1.807) is 0 Å². The molecule has 21 heavy (non-hydrogen) atoms. The van der Waals surface area contributed by atoms with Crippen molar-refractivity contribution in [2.24, 2.45) is 0 Å². The van der Waals surface area contributed by atoms with Gasteiger partial charge in [-0.3, -0.25) is 0 Å². The van der Waals surface area contributed by atoms with Crippen molar-refractivity contribution in [2.45, 2.75) is 41.5 Å². The van der Waals surface area contributed by atoms with Gasteiger partial charge in [0.2, 0.25) is 0 Å². The molecule has 0 aliphatic rings. The Morgan fingerprint density at radius 3 is 0.857 bits per heavy atom. The maximum atomic E-state index is 3.21. The summed E-state index contributed by atoms with van der Waals surface area (Å²) in [4.78, 5) is 0. The number of hydrogen-bond donors (Lipinski definition) is 0. The molecule has 2 rings (SSSR count). The zero-order valence-corrected chi connectivity index (χ0v) is 17.9. The predicted molar refractivity (Wildman–Crippen MR) is 84.7 cm³/mol. The first kappa shape index (κ1) is 25.8. The fourth-order valence-electron chi connectivity index (χ4n) is 2.22. The molecule has 4 radical (unpaired) electrons. The first-order valence-electron chi connectivity index (χ1n) is 6.31. The molecular weight excluding hydrogens is 406 g/mol. The molecule has 0 saturated heterocycles. The smallest absolute Gasteiger partial charge is 1.00 e. The molecule has 2 aromatic carbocycles. The molecule has 0 atom stereocenters. The second-order valence-corrected chi connectivity index (χ2v) is 5.05. The summed E-state index contributed by atoms with van der Waals surface area (Å²) in [7, 11) is 0. The minimum Gasteiger partial charge on any atom is -1.00 e. The number of aryl methyl sites for hydroxylation is 6. The molecule has 0 saturated carbocycles. The summed E-state index contributed by atoms with van der Waals surface area (Å²) in [6.07, 6.45) is 0. The van der Waals surface area contributed by atoms with Crippen molar-refractivity contribution in [1.29, 1.82) is 0 Å². The number of halogens is 2. The summed E-state index contributed by atoms with van der Waals surface area (Å²) >= 11 is 0. The van der Waals surface area contributed by atoms with E-state index in [9.17, 15) is 0 Å². The van der Waals surface area contributed by atoms with Gasteiger partial charge in [0.1, 0.15) is 0 Å². The van der Waals surface area contributed by atoms with Gasteiger partial charge in [0.15, 0.2) is 0 Å². The number of benzene rings is 2. The summed E-state index contributed by atoms with van der Waals surface area (Å²) in [5, 5.41) is 0.